The van der Waals surface area contributed by atoms with E-state index in [0.717, 1.165) is 38.5 Å². The molecule has 2 rings (SSSR count). The Kier molecular flexibility index (Phi) is 5.07. The SMILES string of the molecule is CC(C)(C)OC(=O)NC1(C2(N)CCC(O)CC2)CCCCC1. The monoisotopic (exact) mass is 312 g/mol. The minimum Gasteiger partial charge on any atom is -0.444 e. The van der Waals surface area contributed by atoms with Gasteiger partial charge in [-0.25, -0.2) is 4.79 Å². The second kappa shape index (κ2) is 6.36. The summed E-state index contributed by atoms with van der Waals surface area (Å²) >= 11 is 0. The molecule has 0 unspecified atom stereocenters. The quantitative estimate of drug-likeness (QED) is 0.732. The number of carbonyl (C=O) groups excluding carboxylic acids is 1. The predicted octanol–water partition coefficient (Wildman–Crippen LogP) is 2.85. The average molecular weight is 312 g/mol. The van der Waals surface area contributed by atoms with Crippen LogP contribution in [-0.4, -0.2) is 34.0 Å². The van der Waals surface area contributed by atoms with E-state index >= 15 is 0 Å². The Labute approximate surface area is 134 Å². The molecule has 0 aromatic heterocycles. The molecule has 0 atom stereocenters. The molecule has 0 radical (unpaired) electrons. The third kappa shape index (κ3) is 3.93. The smallest absolute Gasteiger partial charge is 0.408 e. The van der Waals surface area contributed by atoms with Crippen LogP contribution in [-0.2, 0) is 4.74 Å². The van der Waals surface area contributed by atoms with Crippen molar-refractivity contribution in [2.45, 2.75) is 101 Å². The second-order valence-corrected chi connectivity index (χ2v) is 8.16. The second-order valence-electron chi connectivity index (χ2n) is 8.16. The number of hydrogen-bond donors (Lipinski definition) is 3. The number of aliphatic hydroxyl groups excluding tert-OH is 1. The van der Waals surface area contributed by atoms with Gasteiger partial charge >= 0.3 is 6.09 Å². The molecule has 2 aliphatic rings. The molecular weight excluding hydrogens is 280 g/mol. The van der Waals surface area contributed by atoms with Gasteiger partial charge in [-0.15, -0.1) is 0 Å². The van der Waals surface area contributed by atoms with E-state index in [4.69, 9.17) is 10.5 Å². The van der Waals surface area contributed by atoms with E-state index in [0.29, 0.717) is 12.8 Å². The lowest BCUT2D eigenvalue weighted by atomic mass is 9.62. The van der Waals surface area contributed by atoms with Crippen molar-refractivity contribution in [1.29, 1.82) is 0 Å². The van der Waals surface area contributed by atoms with Gasteiger partial charge in [-0.3, -0.25) is 0 Å². The topological polar surface area (TPSA) is 84.6 Å². The number of nitrogens with one attached hydrogen (secondary N) is 1. The minimum atomic E-state index is -0.509. The van der Waals surface area contributed by atoms with E-state index in [-0.39, 0.29) is 12.2 Å². The molecular formula is C17H32N2O3. The summed E-state index contributed by atoms with van der Waals surface area (Å²) in [7, 11) is 0. The first-order chi connectivity index (χ1) is 10.2. The Morgan fingerprint density at radius 3 is 2.18 bits per heavy atom. The van der Waals surface area contributed by atoms with Crippen LogP contribution in [0.4, 0.5) is 4.79 Å². The van der Waals surface area contributed by atoms with Gasteiger partial charge in [0.05, 0.1) is 11.6 Å². The Bertz CT molecular complexity index is 389. The van der Waals surface area contributed by atoms with Crippen molar-refractivity contribution < 1.29 is 14.6 Å². The number of nitrogens with two attached hydrogens (primary N) is 1. The van der Waals surface area contributed by atoms with Gasteiger partial charge in [-0.1, -0.05) is 19.3 Å². The molecule has 0 bridgehead atoms. The van der Waals surface area contributed by atoms with Crippen molar-refractivity contribution in [3.8, 4) is 0 Å². The third-order valence-corrected chi connectivity index (χ3v) is 5.25. The molecule has 4 N–H and O–H groups in total. The van der Waals surface area contributed by atoms with Gasteiger partial charge in [-0.2, -0.15) is 0 Å². The number of amides is 1. The zero-order chi connectivity index (χ0) is 16.4. The fourth-order valence-corrected chi connectivity index (χ4v) is 4.00. The number of aliphatic hydroxyl groups is 1. The summed E-state index contributed by atoms with van der Waals surface area (Å²) in [6, 6.07) is 0. The van der Waals surface area contributed by atoms with Crippen molar-refractivity contribution in [2.24, 2.45) is 5.73 Å². The molecule has 2 fully saturated rings. The van der Waals surface area contributed by atoms with E-state index in [9.17, 15) is 9.90 Å². The summed E-state index contributed by atoms with van der Waals surface area (Å²) in [4.78, 5) is 12.3. The lowest BCUT2D eigenvalue weighted by molar-refractivity contribution is 0.0107. The van der Waals surface area contributed by atoms with Crippen LogP contribution >= 0.6 is 0 Å². The Morgan fingerprint density at radius 1 is 1.14 bits per heavy atom. The summed E-state index contributed by atoms with van der Waals surface area (Å²) in [5, 5.41) is 12.9. The highest BCUT2D eigenvalue weighted by molar-refractivity contribution is 5.69. The fourth-order valence-electron chi connectivity index (χ4n) is 4.00. The maximum absolute atomic E-state index is 12.3. The van der Waals surface area contributed by atoms with Crippen molar-refractivity contribution in [3.05, 3.63) is 0 Å². The summed E-state index contributed by atoms with van der Waals surface area (Å²) in [6.45, 7) is 5.61. The van der Waals surface area contributed by atoms with Crippen molar-refractivity contribution >= 4 is 6.09 Å². The summed E-state index contributed by atoms with van der Waals surface area (Å²) in [5.41, 5.74) is 5.42. The predicted molar refractivity (Wildman–Crippen MR) is 86.6 cm³/mol. The van der Waals surface area contributed by atoms with Gasteiger partial charge in [0.15, 0.2) is 0 Å². The first-order valence-corrected chi connectivity index (χ1v) is 8.64. The van der Waals surface area contributed by atoms with Crippen LogP contribution in [0.3, 0.4) is 0 Å². The lowest BCUT2D eigenvalue weighted by Gasteiger charge is -2.53. The number of carbonyl (C=O) groups is 1. The number of hydrogen-bond acceptors (Lipinski definition) is 4. The normalized spacial score (nSPS) is 32.3. The molecule has 128 valence electrons. The maximum Gasteiger partial charge on any atom is 0.408 e. The summed E-state index contributed by atoms with van der Waals surface area (Å²) in [5.74, 6) is 0. The molecule has 0 aliphatic heterocycles. The van der Waals surface area contributed by atoms with E-state index in [1.54, 1.807) is 0 Å². The van der Waals surface area contributed by atoms with Gasteiger partial charge in [0.2, 0.25) is 0 Å². The minimum absolute atomic E-state index is 0.251. The molecule has 22 heavy (non-hydrogen) atoms. The van der Waals surface area contributed by atoms with Crippen LogP contribution in [0, 0.1) is 0 Å². The van der Waals surface area contributed by atoms with Crippen LogP contribution in [0.25, 0.3) is 0 Å². The summed E-state index contributed by atoms with van der Waals surface area (Å²) in [6.07, 6.45) is 7.48. The molecule has 2 saturated carbocycles. The first-order valence-electron chi connectivity index (χ1n) is 8.64. The molecule has 0 aromatic carbocycles. The molecule has 0 saturated heterocycles. The van der Waals surface area contributed by atoms with Crippen LogP contribution in [0.2, 0.25) is 0 Å². The highest BCUT2D eigenvalue weighted by Crippen LogP contribution is 2.43. The molecule has 0 heterocycles. The number of ether oxygens (including phenoxy) is 1. The van der Waals surface area contributed by atoms with Crippen LogP contribution in [0.5, 0.6) is 0 Å². The molecule has 0 spiro atoms. The zero-order valence-electron chi connectivity index (χ0n) is 14.3. The van der Waals surface area contributed by atoms with Crippen LogP contribution < -0.4 is 11.1 Å². The first kappa shape index (κ1) is 17.5. The van der Waals surface area contributed by atoms with Gasteiger partial charge in [0.1, 0.15) is 5.60 Å². The standard InChI is InChI=1S/C17H32N2O3/c1-15(2,3)22-14(21)19-17(9-5-4-6-10-17)16(18)11-7-13(20)8-12-16/h13,20H,4-12,18H2,1-3H3,(H,19,21). The molecule has 2 aliphatic carbocycles. The fraction of sp³-hybridized carbons (Fsp3) is 0.941. The largest absolute Gasteiger partial charge is 0.444 e. The van der Waals surface area contributed by atoms with E-state index in [1.807, 2.05) is 20.8 Å². The van der Waals surface area contributed by atoms with Crippen molar-refractivity contribution in [2.75, 3.05) is 0 Å². The van der Waals surface area contributed by atoms with E-state index < -0.39 is 16.7 Å². The van der Waals surface area contributed by atoms with Crippen LogP contribution in [0.1, 0.15) is 78.6 Å². The van der Waals surface area contributed by atoms with Crippen molar-refractivity contribution in [3.63, 3.8) is 0 Å². The van der Waals surface area contributed by atoms with Gasteiger partial charge in [0.25, 0.3) is 0 Å². The highest BCUT2D eigenvalue weighted by Gasteiger charge is 2.51. The highest BCUT2D eigenvalue weighted by atomic mass is 16.6. The van der Waals surface area contributed by atoms with Crippen LogP contribution in [0.15, 0.2) is 0 Å². The molecule has 0 aromatic rings. The van der Waals surface area contributed by atoms with E-state index in [1.165, 1.54) is 6.42 Å². The Hall–Kier alpha value is -0.810. The molecule has 1 amide bonds. The molecule has 5 nitrogen and oxygen atoms in total. The zero-order valence-corrected chi connectivity index (χ0v) is 14.3. The third-order valence-electron chi connectivity index (χ3n) is 5.25. The Morgan fingerprint density at radius 2 is 1.68 bits per heavy atom. The Balaban J connectivity index is 2.15. The number of rotatable bonds is 2. The van der Waals surface area contributed by atoms with Gasteiger partial charge in [0, 0.05) is 5.54 Å². The van der Waals surface area contributed by atoms with Gasteiger partial charge in [-0.05, 0) is 59.3 Å². The summed E-state index contributed by atoms with van der Waals surface area (Å²) < 4.78 is 5.47. The maximum atomic E-state index is 12.3. The average Bonchev–Trinajstić information content (AvgIpc) is 2.41. The van der Waals surface area contributed by atoms with Crippen molar-refractivity contribution in [1.82, 2.24) is 5.32 Å². The molecule has 5 heteroatoms. The lowest BCUT2D eigenvalue weighted by Crippen LogP contribution is -2.70. The van der Waals surface area contributed by atoms with E-state index in [2.05, 4.69) is 5.32 Å². The number of alkyl carbamates (subject to hydrolysis) is 1. The van der Waals surface area contributed by atoms with Gasteiger partial charge < -0.3 is 20.9 Å².